The van der Waals surface area contributed by atoms with Crippen molar-refractivity contribution < 1.29 is 14.0 Å². The van der Waals surface area contributed by atoms with Gasteiger partial charge in [0.05, 0.1) is 0 Å². The minimum Gasteiger partial charge on any atom is -0.590 e. The van der Waals surface area contributed by atoms with Gasteiger partial charge in [0.2, 0.25) is 0 Å². The summed E-state index contributed by atoms with van der Waals surface area (Å²) in [5, 5.41) is 2.08. The van der Waals surface area contributed by atoms with Gasteiger partial charge in [-0.1, -0.05) is 0 Å². The van der Waals surface area contributed by atoms with E-state index in [1.165, 1.54) is 51.9 Å². The van der Waals surface area contributed by atoms with Gasteiger partial charge in [-0.2, -0.15) is 0 Å². The summed E-state index contributed by atoms with van der Waals surface area (Å²) in [5.41, 5.74) is 0. The van der Waals surface area contributed by atoms with Gasteiger partial charge >= 0.3 is 0 Å². The Morgan fingerprint density at radius 3 is 1.57 bits per heavy atom. The molecule has 2 saturated heterocycles. The highest BCUT2D eigenvalue weighted by Crippen LogP contribution is 2.43. The Labute approximate surface area is 181 Å². The lowest BCUT2D eigenvalue weighted by molar-refractivity contribution is 0.238. The van der Waals surface area contributed by atoms with Gasteiger partial charge in [-0.05, 0) is 86.9 Å². The van der Waals surface area contributed by atoms with Gasteiger partial charge < -0.3 is 14.0 Å². The molecule has 3 aromatic rings. The van der Waals surface area contributed by atoms with E-state index < -0.39 is 10.8 Å². The van der Waals surface area contributed by atoms with Gasteiger partial charge in [0.15, 0.2) is 9.40 Å². The van der Waals surface area contributed by atoms with Crippen molar-refractivity contribution in [1.82, 2.24) is 9.80 Å². The normalized spacial score (nSPS) is 18.0. The molecule has 3 heterocycles. The highest BCUT2D eigenvalue weighted by molar-refractivity contribution is 7.37. The SMILES string of the molecule is [O-][s+]1c2cc(OCCN3CCCC3)ccc2c2ccc(OCCN3CCCC3)cc21. The predicted molar refractivity (Wildman–Crippen MR) is 122 cm³/mol. The molecule has 0 atom stereocenters. The van der Waals surface area contributed by atoms with E-state index in [0.29, 0.717) is 13.2 Å². The summed E-state index contributed by atoms with van der Waals surface area (Å²) in [4.78, 5) is 4.87. The zero-order valence-electron chi connectivity index (χ0n) is 17.5. The molecule has 2 aliphatic rings. The van der Waals surface area contributed by atoms with Crippen LogP contribution >= 0.6 is 10.8 Å². The molecule has 0 N–H and O–H groups in total. The Morgan fingerprint density at radius 2 is 1.13 bits per heavy atom. The second kappa shape index (κ2) is 9.10. The van der Waals surface area contributed by atoms with Crippen LogP contribution in [-0.4, -0.2) is 66.8 Å². The second-order valence-electron chi connectivity index (χ2n) is 8.38. The molecule has 0 bridgehead atoms. The molecule has 2 fully saturated rings. The number of thiophene rings is 1. The monoisotopic (exact) mass is 426 g/mol. The first-order chi connectivity index (χ1) is 14.8. The fourth-order valence-electron chi connectivity index (χ4n) is 4.65. The van der Waals surface area contributed by atoms with Gasteiger partial charge in [0, 0.05) is 36.0 Å². The number of fused-ring (bicyclic) bond motifs is 3. The van der Waals surface area contributed by atoms with Crippen molar-refractivity contribution in [3.05, 3.63) is 36.4 Å². The number of hydrogen-bond donors (Lipinski definition) is 0. The Morgan fingerprint density at radius 1 is 0.700 bits per heavy atom. The van der Waals surface area contributed by atoms with Crippen LogP contribution in [0.3, 0.4) is 0 Å². The lowest BCUT2D eigenvalue weighted by Crippen LogP contribution is -2.25. The summed E-state index contributed by atoms with van der Waals surface area (Å²) < 4.78 is 26.8. The molecule has 30 heavy (non-hydrogen) atoms. The van der Waals surface area contributed by atoms with E-state index in [0.717, 1.165) is 44.8 Å². The van der Waals surface area contributed by atoms with Crippen molar-refractivity contribution >= 4 is 30.9 Å². The van der Waals surface area contributed by atoms with Gasteiger partial charge in [0.25, 0.3) is 0 Å². The van der Waals surface area contributed by atoms with E-state index in [1.807, 2.05) is 36.4 Å². The molecule has 160 valence electrons. The lowest BCUT2D eigenvalue weighted by atomic mass is 10.1. The summed E-state index contributed by atoms with van der Waals surface area (Å²) in [5.74, 6) is 1.60. The third-order valence-corrected chi connectivity index (χ3v) is 7.82. The van der Waals surface area contributed by atoms with Gasteiger partial charge in [-0.25, -0.2) is 0 Å². The van der Waals surface area contributed by atoms with Crippen LogP contribution in [0.1, 0.15) is 25.7 Å². The van der Waals surface area contributed by atoms with Crippen molar-refractivity contribution in [1.29, 1.82) is 0 Å². The van der Waals surface area contributed by atoms with Crippen molar-refractivity contribution in [3.8, 4) is 11.5 Å². The van der Waals surface area contributed by atoms with Crippen molar-refractivity contribution in [2.24, 2.45) is 0 Å². The Balaban J connectivity index is 1.28. The van der Waals surface area contributed by atoms with E-state index in [1.54, 1.807) is 0 Å². The maximum atomic E-state index is 13.1. The van der Waals surface area contributed by atoms with Crippen LogP contribution in [0.15, 0.2) is 36.4 Å². The molecule has 0 saturated carbocycles. The zero-order valence-corrected chi connectivity index (χ0v) is 18.3. The molecule has 2 aliphatic heterocycles. The zero-order chi connectivity index (χ0) is 20.3. The summed E-state index contributed by atoms with van der Waals surface area (Å²) >= 11 is 0. The van der Waals surface area contributed by atoms with Crippen molar-refractivity contribution in [2.45, 2.75) is 25.7 Å². The minimum atomic E-state index is -1.19. The van der Waals surface area contributed by atoms with E-state index in [2.05, 4.69) is 9.80 Å². The van der Waals surface area contributed by atoms with Crippen LogP contribution in [-0.2, 0) is 0 Å². The van der Waals surface area contributed by atoms with Crippen LogP contribution in [0.2, 0.25) is 0 Å². The topological polar surface area (TPSA) is 48.0 Å². The van der Waals surface area contributed by atoms with Crippen LogP contribution in [0, 0.1) is 0 Å². The van der Waals surface area contributed by atoms with Gasteiger partial charge in [0.1, 0.15) is 24.7 Å². The Hall–Kier alpha value is -1.86. The van der Waals surface area contributed by atoms with E-state index >= 15 is 0 Å². The van der Waals surface area contributed by atoms with Crippen LogP contribution in [0.4, 0.5) is 0 Å². The molecule has 0 amide bonds. The van der Waals surface area contributed by atoms with E-state index in [4.69, 9.17) is 9.47 Å². The minimum absolute atomic E-state index is 0.674. The highest BCUT2D eigenvalue weighted by atomic mass is 32.2. The second-order valence-corrected chi connectivity index (χ2v) is 9.80. The van der Waals surface area contributed by atoms with Crippen molar-refractivity contribution in [3.63, 3.8) is 0 Å². The number of hydrogen-bond acceptors (Lipinski definition) is 5. The maximum absolute atomic E-state index is 13.1. The molecule has 5 nitrogen and oxygen atoms in total. The first kappa shape index (κ1) is 20.1. The number of likely N-dealkylation sites (tertiary alicyclic amines) is 2. The van der Waals surface area contributed by atoms with E-state index in [9.17, 15) is 4.55 Å². The first-order valence-corrected chi connectivity index (χ1v) is 12.3. The average Bonchev–Trinajstić information content (AvgIpc) is 3.51. The third kappa shape index (κ3) is 4.28. The quantitative estimate of drug-likeness (QED) is 0.490. The van der Waals surface area contributed by atoms with Crippen molar-refractivity contribution in [2.75, 3.05) is 52.5 Å². The highest BCUT2D eigenvalue weighted by Gasteiger charge is 2.18. The lowest BCUT2D eigenvalue weighted by Gasteiger charge is -2.14. The number of rotatable bonds is 8. The fourth-order valence-corrected chi connectivity index (χ4v) is 6.09. The summed E-state index contributed by atoms with van der Waals surface area (Å²) in [6.07, 6.45) is 5.17. The molecule has 5 rings (SSSR count). The molecule has 0 aliphatic carbocycles. The number of ether oxygens (including phenoxy) is 2. The summed E-state index contributed by atoms with van der Waals surface area (Å²) in [6.45, 7) is 7.97. The molecule has 0 unspecified atom stereocenters. The summed E-state index contributed by atoms with van der Waals surface area (Å²) in [6, 6.07) is 12.0. The Kier molecular flexibility index (Phi) is 6.09. The summed E-state index contributed by atoms with van der Waals surface area (Å²) in [7, 11) is -1.19. The molecule has 2 aromatic carbocycles. The average molecular weight is 427 g/mol. The standard InChI is InChI=1S/C24H30N2O3S/c27-30-23-17-19(28-15-13-25-9-1-2-10-25)5-7-21(23)22-8-6-20(18-24(22)30)29-16-14-26-11-3-4-12-26/h5-8,17-18H,1-4,9-16H2. The Bertz CT molecular complexity index is 927. The molecule has 0 radical (unpaired) electrons. The first-order valence-electron chi connectivity index (χ1n) is 11.2. The van der Waals surface area contributed by atoms with Crippen LogP contribution in [0.25, 0.3) is 20.2 Å². The number of nitrogens with zero attached hydrogens (tertiary/aromatic N) is 2. The molecular weight excluding hydrogens is 396 g/mol. The molecule has 1 aromatic heterocycles. The van der Waals surface area contributed by atoms with E-state index in [-0.39, 0.29) is 0 Å². The smallest absolute Gasteiger partial charge is 0.184 e. The maximum Gasteiger partial charge on any atom is 0.184 e. The fraction of sp³-hybridized carbons (Fsp3) is 0.500. The largest absolute Gasteiger partial charge is 0.590 e. The van der Waals surface area contributed by atoms with Crippen LogP contribution < -0.4 is 9.47 Å². The third-order valence-electron chi connectivity index (χ3n) is 6.35. The predicted octanol–water partition coefficient (Wildman–Crippen LogP) is 4.67. The van der Waals surface area contributed by atoms with Gasteiger partial charge in [-0.3, -0.25) is 9.80 Å². The molecule has 6 heteroatoms. The van der Waals surface area contributed by atoms with Crippen LogP contribution in [0.5, 0.6) is 11.5 Å². The molecular formula is C24H30N2O3S. The molecule has 0 spiro atoms. The number of benzene rings is 2. The van der Waals surface area contributed by atoms with Gasteiger partial charge in [-0.15, -0.1) is 0 Å².